The van der Waals surface area contributed by atoms with E-state index < -0.39 is 24.3 Å². The highest BCUT2D eigenvalue weighted by atomic mass is 19.4. The van der Waals surface area contributed by atoms with Crippen molar-refractivity contribution >= 4 is 23.6 Å². The molecule has 0 saturated carbocycles. The molecule has 0 bridgehead atoms. The van der Waals surface area contributed by atoms with E-state index >= 15 is 0 Å². The van der Waals surface area contributed by atoms with Crippen LogP contribution >= 0.6 is 0 Å². The number of aryl methyl sites for hydroxylation is 1. The van der Waals surface area contributed by atoms with Crippen molar-refractivity contribution in [2.24, 2.45) is 5.41 Å². The maximum absolute atomic E-state index is 15.0. The van der Waals surface area contributed by atoms with Crippen LogP contribution in [-0.2, 0) is 4.79 Å². The van der Waals surface area contributed by atoms with E-state index in [-0.39, 0.29) is 34.4 Å². The Morgan fingerprint density at radius 2 is 1.71 bits per heavy atom. The van der Waals surface area contributed by atoms with Crippen LogP contribution in [0.4, 0.5) is 24.9 Å². The molecule has 13 nitrogen and oxygen atoms in total. The number of nitrogen functional groups attached to an aromatic ring is 1. The Labute approximate surface area is 298 Å². The Balaban J connectivity index is 1.16. The minimum absolute atomic E-state index is 0.0704. The third-order valence-corrected chi connectivity index (χ3v) is 10.2. The average Bonchev–Trinajstić information content (AvgIpc) is 3.76. The summed E-state index contributed by atoms with van der Waals surface area (Å²) in [4.78, 5) is 36.5. The number of carbonyl (C=O) groups excluding carboxylic acids is 1. The molecular formula is C36H40F3N9O4. The molecule has 2 aromatic heterocycles. The highest BCUT2D eigenvalue weighted by molar-refractivity contribution is 5.94. The molecule has 2 atom stereocenters. The summed E-state index contributed by atoms with van der Waals surface area (Å²) >= 11 is 0. The first-order chi connectivity index (χ1) is 24.9. The van der Waals surface area contributed by atoms with Gasteiger partial charge in [-0.25, -0.2) is 4.68 Å². The molecule has 1 spiro atoms. The van der Waals surface area contributed by atoms with Crippen molar-refractivity contribution in [2.75, 3.05) is 56.4 Å². The summed E-state index contributed by atoms with van der Waals surface area (Å²) in [5, 5.41) is 20.2. The summed E-state index contributed by atoms with van der Waals surface area (Å²) in [7, 11) is 0. The lowest BCUT2D eigenvalue weighted by molar-refractivity contribution is -0.198. The van der Waals surface area contributed by atoms with E-state index in [2.05, 4.69) is 25.7 Å². The van der Waals surface area contributed by atoms with Gasteiger partial charge in [-0.2, -0.15) is 28.2 Å². The molecule has 0 aliphatic carbocycles. The Morgan fingerprint density at radius 3 is 2.35 bits per heavy atom. The monoisotopic (exact) mass is 719 g/mol. The zero-order valence-electron chi connectivity index (χ0n) is 28.6. The van der Waals surface area contributed by atoms with E-state index in [4.69, 9.17) is 10.5 Å². The van der Waals surface area contributed by atoms with Gasteiger partial charge in [0.1, 0.15) is 11.9 Å². The molecule has 3 fully saturated rings. The summed E-state index contributed by atoms with van der Waals surface area (Å²) in [5.41, 5.74) is 8.28. The van der Waals surface area contributed by atoms with Crippen LogP contribution in [-0.4, -0.2) is 99.7 Å². The van der Waals surface area contributed by atoms with Gasteiger partial charge < -0.3 is 36.0 Å². The molecule has 5 heterocycles. The number of nitrogens with zero attached hydrogens (tertiary/aromatic N) is 6. The maximum Gasteiger partial charge on any atom is 0.429 e. The fourth-order valence-corrected chi connectivity index (χ4v) is 7.31. The number of aliphatic carboxylic acids is 1. The van der Waals surface area contributed by atoms with Gasteiger partial charge in [0.25, 0.3) is 5.91 Å². The quantitative estimate of drug-likeness (QED) is 0.208. The lowest BCUT2D eigenvalue weighted by Crippen LogP contribution is -2.46. The number of nitrogens with two attached hydrogens (primary N) is 1. The molecule has 5 N–H and O–H groups in total. The van der Waals surface area contributed by atoms with Crippen LogP contribution in [0.3, 0.4) is 0 Å². The lowest BCUT2D eigenvalue weighted by Gasteiger charge is -2.39. The Bertz CT molecular complexity index is 1940. The zero-order valence-corrected chi connectivity index (χ0v) is 28.6. The number of ether oxygens (including phenoxy) is 1. The lowest BCUT2D eigenvalue weighted by atomic mass is 9.76. The SMILES string of the molecule is Cc1ccn(-c2cc(-c3ccc(C(=O)N4CCNCC4)cc3)ccc2C(Oc2cc(N3CCC4(CC3)CN[C@H](C(=O)O)C4)nc(N)n2)C(F)(F)F)n1. The van der Waals surface area contributed by atoms with Crippen molar-refractivity contribution in [1.82, 2.24) is 35.3 Å². The minimum Gasteiger partial charge on any atom is -0.480 e. The first kappa shape index (κ1) is 35.2. The summed E-state index contributed by atoms with van der Waals surface area (Å²) in [6.45, 7) is 6.06. The number of aromatic nitrogens is 4. The van der Waals surface area contributed by atoms with Crippen LogP contribution < -0.4 is 26.0 Å². The fraction of sp³-hybridized carbons (Fsp3) is 0.417. The Morgan fingerprint density at radius 1 is 1.00 bits per heavy atom. The normalized spacial score (nSPS) is 19.5. The smallest absolute Gasteiger partial charge is 0.429 e. The minimum atomic E-state index is -4.86. The van der Waals surface area contributed by atoms with Gasteiger partial charge >= 0.3 is 12.1 Å². The summed E-state index contributed by atoms with van der Waals surface area (Å²) in [6.07, 6.45) is -3.83. The fourth-order valence-electron chi connectivity index (χ4n) is 7.31. The molecule has 7 rings (SSSR count). The number of anilines is 2. The number of rotatable bonds is 8. The van der Waals surface area contributed by atoms with E-state index in [0.29, 0.717) is 80.2 Å². The number of carboxylic acid groups (broad SMARTS) is 1. The number of amides is 1. The standard InChI is InChI=1S/C36H40F3N9O4/c1-22-8-13-48(45-22)28-18-25(23-2-4-24(5-3-23)32(49)47-16-11-41-12-17-47)6-7-26(28)31(36(37,38)39)52-30-19-29(43-34(40)44-30)46-14-9-35(10-15-46)20-27(33(50)51)42-21-35/h2-8,13,18-19,27,31,41-42H,9-12,14-17,20-21H2,1H3,(H,50,51)(H2,40,43,44)/t27-,31?/m0/s1. The molecule has 16 heteroatoms. The predicted octanol–water partition coefficient (Wildman–Crippen LogP) is 3.98. The van der Waals surface area contributed by atoms with Crippen LogP contribution in [0.25, 0.3) is 16.8 Å². The van der Waals surface area contributed by atoms with E-state index in [0.717, 1.165) is 13.1 Å². The predicted molar refractivity (Wildman–Crippen MR) is 186 cm³/mol. The summed E-state index contributed by atoms with van der Waals surface area (Å²) < 4.78 is 52.0. The first-order valence-electron chi connectivity index (χ1n) is 17.2. The molecule has 3 aliphatic heterocycles. The van der Waals surface area contributed by atoms with Crippen LogP contribution in [0.15, 0.2) is 60.8 Å². The summed E-state index contributed by atoms with van der Waals surface area (Å²) in [6, 6.07) is 14.0. The molecule has 274 valence electrons. The highest BCUT2D eigenvalue weighted by Crippen LogP contribution is 2.43. The number of hydrogen-bond donors (Lipinski definition) is 4. The van der Waals surface area contributed by atoms with Gasteiger partial charge in [-0.15, -0.1) is 0 Å². The Hall–Kier alpha value is -5.22. The third-order valence-electron chi connectivity index (χ3n) is 10.2. The first-order valence-corrected chi connectivity index (χ1v) is 17.2. The van der Waals surface area contributed by atoms with Gasteiger partial charge in [0, 0.05) is 69.2 Å². The van der Waals surface area contributed by atoms with Gasteiger partial charge in [0.15, 0.2) is 0 Å². The maximum atomic E-state index is 15.0. The van der Waals surface area contributed by atoms with Gasteiger partial charge in [-0.1, -0.05) is 24.3 Å². The number of alkyl halides is 3. The van der Waals surface area contributed by atoms with Crippen molar-refractivity contribution < 1.29 is 32.6 Å². The van der Waals surface area contributed by atoms with Crippen LogP contribution in [0.5, 0.6) is 5.88 Å². The molecule has 2 aromatic carbocycles. The van der Waals surface area contributed by atoms with E-state index in [9.17, 15) is 27.9 Å². The molecule has 1 unspecified atom stereocenters. The number of carbonyl (C=O) groups is 2. The van der Waals surface area contributed by atoms with Crippen molar-refractivity contribution in [3.8, 4) is 22.7 Å². The van der Waals surface area contributed by atoms with Crippen molar-refractivity contribution in [3.05, 3.63) is 77.6 Å². The van der Waals surface area contributed by atoms with Gasteiger partial charge in [0.2, 0.25) is 17.9 Å². The second kappa shape index (κ2) is 14.1. The van der Waals surface area contributed by atoms with Crippen LogP contribution in [0.2, 0.25) is 0 Å². The largest absolute Gasteiger partial charge is 0.480 e. The number of hydrogen-bond acceptors (Lipinski definition) is 10. The molecular weight excluding hydrogens is 679 g/mol. The number of halogens is 3. The van der Waals surface area contributed by atoms with E-state index in [1.165, 1.54) is 16.8 Å². The molecule has 4 aromatic rings. The molecule has 52 heavy (non-hydrogen) atoms. The zero-order chi connectivity index (χ0) is 36.6. The van der Waals surface area contributed by atoms with Crippen LogP contribution in [0, 0.1) is 12.3 Å². The Kier molecular flexibility index (Phi) is 9.52. The number of piperazine rings is 1. The topological polar surface area (TPSA) is 164 Å². The van der Waals surface area contributed by atoms with Crippen LogP contribution in [0.1, 0.15) is 47.0 Å². The number of benzene rings is 2. The number of nitrogens with one attached hydrogen (secondary N) is 2. The average molecular weight is 720 g/mol. The third kappa shape index (κ3) is 7.39. The molecule has 3 saturated heterocycles. The van der Waals surface area contributed by atoms with Crippen molar-refractivity contribution in [3.63, 3.8) is 0 Å². The summed E-state index contributed by atoms with van der Waals surface area (Å²) in [5.74, 6) is -1.19. The van der Waals surface area contributed by atoms with Gasteiger partial charge in [0.05, 0.1) is 11.4 Å². The number of piperidine rings is 1. The van der Waals surface area contributed by atoms with Gasteiger partial charge in [-0.3, -0.25) is 9.59 Å². The second-order valence-electron chi connectivity index (χ2n) is 13.7. The number of carboxylic acids is 1. The van der Waals surface area contributed by atoms with Crippen molar-refractivity contribution in [1.29, 1.82) is 0 Å². The van der Waals surface area contributed by atoms with Crippen molar-refractivity contribution in [2.45, 2.75) is 44.5 Å². The molecule has 0 radical (unpaired) electrons. The van der Waals surface area contributed by atoms with E-state index in [1.807, 2.05) is 4.90 Å². The highest BCUT2D eigenvalue weighted by Gasteiger charge is 2.46. The van der Waals surface area contributed by atoms with E-state index in [1.54, 1.807) is 60.5 Å². The molecule has 3 aliphatic rings. The molecule has 1 amide bonds. The van der Waals surface area contributed by atoms with Gasteiger partial charge in [-0.05, 0) is 67.0 Å². The second-order valence-corrected chi connectivity index (χ2v) is 13.7.